The molecule has 2 saturated carbocycles. The highest BCUT2D eigenvalue weighted by Gasteiger charge is 2.39. The maximum atomic E-state index is 12.6. The summed E-state index contributed by atoms with van der Waals surface area (Å²) in [5.41, 5.74) is 7.90. The average molecular weight is 390 g/mol. The number of nitrogens with two attached hydrogens (primary N) is 1. The Labute approximate surface area is 163 Å². The molecule has 0 spiro atoms. The summed E-state index contributed by atoms with van der Waals surface area (Å²) in [7, 11) is 0. The summed E-state index contributed by atoms with van der Waals surface area (Å²) in [6, 6.07) is 8.25. The standard InChI is InChI=1S/C20H24ClN3OS/c21-17-7-2-1-6-16(17)20-23-15(11-26-20)10-18(25)24-19-12-4-3-5-13(19)9-14(22)8-12/h1-2,6-7,11-14,19H,3-5,8-10,22H2,(H,24,25). The van der Waals surface area contributed by atoms with Gasteiger partial charge in [-0.1, -0.05) is 36.2 Å². The van der Waals surface area contributed by atoms with Crippen LogP contribution >= 0.6 is 22.9 Å². The summed E-state index contributed by atoms with van der Waals surface area (Å²) in [4.78, 5) is 17.2. The second-order valence-electron chi connectivity index (χ2n) is 7.58. The minimum atomic E-state index is 0.0679. The van der Waals surface area contributed by atoms with E-state index in [0.29, 0.717) is 29.3 Å². The monoisotopic (exact) mass is 389 g/mol. The molecule has 1 aromatic carbocycles. The van der Waals surface area contributed by atoms with Gasteiger partial charge in [-0.2, -0.15) is 0 Å². The lowest BCUT2D eigenvalue weighted by Crippen LogP contribution is -2.54. The third kappa shape index (κ3) is 3.80. The SMILES string of the molecule is NC1CC2CCCC(C1)C2NC(=O)Cc1csc(-c2ccccc2Cl)n1. The molecule has 26 heavy (non-hydrogen) atoms. The van der Waals surface area contributed by atoms with Crippen molar-refractivity contribution in [3.8, 4) is 10.6 Å². The average Bonchev–Trinajstić information content (AvgIpc) is 3.04. The highest BCUT2D eigenvalue weighted by molar-refractivity contribution is 7.13. The summed E-state index contributed by atoms with van der Waals surface area (Å²) in [5.74, 6) is 1.14. The molecule has 2 unspecified atom stereocenters. The van der Waals surface area contributed by atoms with Crippen LogP contribution in [0, 0.1) is 11.8 Å². The van der Waals surface area contributed by atoms with E-state index in [0.717, 1.165) is 29.1 Å². The highest BCUT2D eigenvalue weighted by atomic mass is 35.5. The van der Waals surface area contributed by atoms with Gasteiger partial charge in [0.05, 0.1) is 17.1 Å². The van der Waals surface area contributed by atoms with E-state index in [1.807, 2.05) is 29.6 Å². The molecule has 3 N–H and O–H groups in total. The van der Waals surface area contributed by atoms with Crippen LogP contribution in [0.1, 0.15) is 37.8 Å². The summed E-state index contributed by atoms with van der Waals surface area (Å²) >= 11 is 7.78. The first-order chi connectivity index (χ1) is 12.6. The normalized spacial score (nSPS) is 27.9. The lowest BCUT2D eigenvalue weighted by Gasteiger charge is -2.45. The van der Waals surface area contributed by atoms with Crippen molar-refractivity contribution in [2.24, 2.45) is 17.6 Å². The fourth-order valence-electron chi connectivity index (χ4n) is 4.57. The maximum absolute atomic E-state index is 12.6. The number of carbonyl (C=O) groups is 1. The van der Waals surface area contributed by atoms with Gasteiger partial charge in [0.1, 0.15) is 5.01 Å². The molecule has 2 fully saturated rings. The van der Waals surface area contributed by atoms with Gasteiger partial charge in [0, 0.05) is 23.0 Å². The molecule has 4 nitrogen and oxygen atoms in total. The number of benzene rings is 1. The van der Waals surface area contributed by atoms with Crippen molar-refractivity contribution >= 4 is 28.8 Å². The van der Waals surface area contributed by atoms with Crippen LogP contribution in [-0.4, -0.2) is 23.0 Å². The van der Waals surface area contributed by atoms with Gasteiger partial charge in [-0.15, -0.1) is 11.3 Å². The minimum absolute atomic E-state index is 0.0679. The van der Waals surface area contributed by atoms with Crippen molar-refractivity contribution < 1.29 is 4.79 Å². The van der Waals surface area contributed by atoms with Crippen LogP contribution in [0.5, 0.6) is 0 Å². The lowest BCUT2D eigenvalue weighted by molar-refractivity contribution is -0.122. The molecular weight excluding hydrogens is 366 g/mol. The number of amides is 1. The highest BCUT2D eigenvalue weighted by Crippen LogP contribution is 2.39. The Kier molecular flexibility index (Phi) is 5.30. The van der Waals surface area contributed by atoms with Crippen LogP contribution in [0.25, 0.3) is 10.6 Å². The molecule has 1 heterocycles. The number of fused-ring (bicyclic) bond motifs is 2. The van der Waals surface area contributed by atoms with Crippen molar-refractivity contribution in [2.75, 3.05) is 0 Å². The third-order valence-electron chi connectivity index (χ3n) is 5.70. The summed E-state index contributed by atoms with van der Waals surface area (Å²) in [6.07, 6.45) is 6.03. The van der Waals surface area contributed by atoms with Crippen LogP contribution in [0.2, 0.25) is 5.02 Å². The molecule has 2 aliphatic carbocycles. The first-order valence-corrected chi connectivity index (χ1v) is 10.6. The van der Waals surface area contributed by atoms with Crippen molar-refractivity contribution in [1.82, 2.24) is 10.3 Å². The van der Waals surface area contributed by atoms with Gasteiger partial charge in [-0.3, -0.25) is 4.79 Å². The number of nitrogens with zero attached hydrogens (tertiary/aromatic N) is 1. The van der Waals surface area contributed by atoms with Gasteiger partial charge < -0.3 is 11.1 Å². The second-order valence-corrected chi connectivity index (χ2v) is 8.84. The fourth-order valence-corrected chi connectivity index (χ4v) is 5.71. The van der Waals surface area contributed by atoms with E-state index in [9.17, 15) is 4.79 Å². The number of nitrogens with one attached hydrogen (secondary N) is 1. The van der Waals surface area contributed by atoms with Crippen LogP contribution in [-0.2, 0) is 11.2 Å². The quantitative estimate of drug-likeness (QED) is 0.829. The van der Waals surface area contributed by atoms with Gasteiger partial charge in [-0.05, 0) is 43.6 Å². The molecule has 138 valence electrons. The van der Waals surface area contributed by atoms with Gasteiger partial charge >= 0.3 is 0 Å². The number of halogens is 1. The Bertz CT molecular complexity index is 779. The molecule has 2 bridgehead atoms. The number of thiazole rings is 1. The van der Waals surface area contributed by atoms with E-state index in [2.05, 4.69) is 10.3 Å². The Morgan fingerprint density at radius 2 is 2.00 bits per heavy atom. The Hall–Kier alpha value is -1.43. The number of aromatic nitrogens is 1. The zero-order valence-electron chi connectivity index (χ0n) is 14.7. The summed E-state index contributed by atoms with van der Waals surface area (Å²) in [6.45, 7) is 0. The van der Waals surface area contributed by atoms with Crippen LogP contribution < -0.4 is 11.1 Å². The van der Waals surface area contributed by atoms with Crippen LogP contribution in [0.15, 0.2) is 29.6 Å². The molecule has 2 atom stereocenters. The molecule has 0 saturated heterocycles. The Balaban J connectivity index is 1.41. The molecule has 1 amide bonds. The number of carbonyl (C=O) groups excluding carboxylic acids is 1. The Morgan fingerprint density at radius 3 is 2.73 bits per heavy atom. The van der Waals surface area contributed by atoms with E-state index in [1.54, 1.807) is 0 Å². The smallest absolute Gasteiger partial charge is 0.226 e. The largest absolute Gasteiger partial charge is 0.352 e. The van der Waals surface area contributed by atoms with Crippen molar-refractivity contribution in [3.63, 3.8) is 0 Å². The van der Waals surface area contributed by atoms with Crippen LogP contribution in [0.4, 0.5) is 0 Å². The van der Waals surface area contributed by atoms with Crippen LogP contribution in [0.3, 0.4) is 0 Å². The molecule has 2 aliphatic rings. The van der Waals surface area contributed by atoms with Gasteiger partial charge in [0.25, 0.3) is 0 Å². The van der Waals surface area contributed by atoms with Crippen molar-refractivity contribution in [1.29, 1.82) is 0 Å². The van der Waals surface area contributed by atoms with Gasteiger partial charge in [-0.25, -0.2) is 4.98 Å². The minimum Gasteiger partial charge on any atom is -0.352 e. The van der Waals surface area contributed by atoms with Gasteiger partial charge in [0.2, 0.25) is 5.91 Å². The zero-order valence-corrected chi connectivity index (χ0v) is 16.2. The first kappa shape index (κ1) is 18.0. The summed E-state index contributed by atoms with van der Waals surface area (Å²) in [5, 5.41) is 6.79. The predicted octanol–water partition coefficient (Wildman–Crippen LogP) is 4.03. The van der Waals surface area contributed by atoms with E-state index in [-0.39, 0.29) is 11.9 Å². The number of hydrogen-bond donors (Lipinski definition) is 2. The molecule has 2 aromatic rings. The molecule has 4 rings (SSSR count). The topological polar surface area (TPSA) is 68.0 Å². The second kappa shape index (κ2) is 7.67. The van der Waals surface area contributed by atoms with E-state index < -0.39 is 0 Å². The number of hydrogen-bond acceptors (Lipinski definition) is 4. The lowest BCUT2D eigenvalue weighted by atomic mass is 9.67. The molecular formula is C20H24ClN3OS. The van der Waals surface area contributed by atoms with Crippen molar-refractivity contribution in [2.45, 2.75) is 50.6 Å². The summed E-state index contributed by atoms with van der Waals surface area (Å²) < 4.78 is 0. The van der Waals surface area contributed by atoms with E-state index >= 15 is 0 Å². The molecule has 1 aromatic heterocycles. The maximum Gasteiger partial charge on any atom is 0.226 e. The molecule has 0 aliphatic heterocycles. The van der Waals surface area contributed by atoms with Crippen molar-refractivity contribution in [3.05, 3.63) is 40.4 Å². The Morgan fingerprint density at radius 1 is 1.27 bits per heavy atom. The zero-order chi connectivity index (χ0) is 18.1. The number of rotatable bonds is 4. The molecule has 6 heteroatoms. The first-order valence-electron chi connectivity index (χ1n) is 9.34. The molecule has 0 radical (unpaired) electrons. The van der Waals surface area contributed by atoms with E-state index in [4.69, 9.17) is 17.3 Å². The van der Waals surface area contributed by atoms with Gasteiger partial charge in [0.15, 0.2) is 0 Å². The third-order valence-corrected chi connectivity index (χ3v) is 6.96. The van der Waals surface area contributed by atoms with E-state index in [1.165, 1.54) is 30.6 Å². The fraction of sp³-hybridized carbons (Fsp3) is 0.500. The predicted molar refractivity (Wildman–Crippen MR) is 106 cm³/mol.